The highest BCUT2D eigenvalue weighted by Crippen LogP contribution is 2.26. The number of hydrogen-bond acceptors (Lipinski definition) is 3. The van der Waals surface area contributed by atoms with E-state index < -0.39 is 0 Å². The van der Waals surface area contributed by atoms with Crippen molar-refractivity contribution in [3.8, 4) is 11.5 Å². The lowest BCUT2D eigenvalue weighted by Gasteiger charge is -2.31. The number of nitrogens with one attached hydrogen (secondary N) is 1. The molecule has 0 saturated carbocycles. The smallest absolute Gasteiger partial charge is 0.270 e. The summed E-state index contributed by atoms with van der Waals surface area (Å²) in [6, 6.07) is 16.0. The number of methoxy groups -OCH3 is 2. The van der Waals surface area contributed by atoms with E-state index in [9.17, 15) is 4.79 Å². The number of aromatic nitrogens is 1. The maximum absolute atomic E-state index is 12.9. The predicted octanol–water partition coefficient (Wildman–Crippen LogP) is 4.28. The molecule has 1 aromatic heterocycles. The van der Waals surface area contributed by atoms with Gasteiger partial charge in [0.25, 0.3) is 5.91 Å². The van der Waals surface area contributed by atoms with Crippen molar-refractivity contribution in [2.75, 3.05) is 27.3 Å². The number of carbonyl (C=O) groups is 1. The van der Waals surface area contributed by atoms with Crippen molar-refractivity contribution in [3.05, 3.63) is 59.8 Å². The van der Waals surface area contributed by atoms with Crippen molar-refractivity contribution in [2.24, 2.45) is 5.92 Å². The number of carbonyl (C=O) groups excluding carboxylic acids is 1. The molecule has 28 heavy (non-hydrogen) atoms. The molecule has 1 saturated heterocycles. The van der Waals surface area contributed by atoms with Crippen molar-refractivity contribution < 1.29 is 14.3 Å². The van der Waals surface area contributed by atoms with Crippen LogP contribution in [0.15, 0.2) is 48.5 Å². The van der Waals surface area contributed by atoms with Crippen LogP contribution in [0.25, 0.3) is 10.9 Å². The molecule has 5 nitrogen and oxygen atoms in total. The zero-order valence-corrected chi connectivity index (χ0v) is 16.4. The minimum absolute atomic E-state index is 0.0815. The van der Waals surface area contributed by atoms with E-state index in [1.807, 2.05) is 41.3 Å². The maximum atomic E-state index is 12.9. The molecule has 0 spiro atoms. The van der Waals surface area contributed by atoms with Crippen molar-refractivity contribution in [1.82, 2.24) is 9.88 Å². The summed E-state index contributed by atoms with van der Waals surface area (Å²) in [7, 11) is 3.33. The van der Waals surface area contributed by atoms with Gasteiger partial charge in [-0.2, -0.15) is 0 Å². The largest absolute Gasteiger partial charge is 0.497 e. The van der Waals surface area contributed by atoms with Gasteiger partial charge >= 0.3 is 0 Å². The van der Waals surface area contributed by atoms with E-state index in [-0.39, 0.29) is 5.91 Å². The second-order valence-electron chi connectivity index (χ2n) is 7.42. The van der Waals surface area contributed by atoms with Crippen molar-refractivity contribution in [2.45, 2.75) is 19.3 Å². The van der Waals surface area contributed by atoms with E-state index in [1.54, 1.807) is 14.2 Å². The van der Waals surface area contributed by atoms with E-state index in [2.05, 4.69) is 17.1 Å². The number of nitrogens with zero attached hydrogens (tertiary/aromatic N) is 1. The second kappa shape index (κ2) is 7.97. The van der Waals surface area contributed by atoms with Crippen LogP contribution in [-0.2, 0) is 6.42 Å². The molecule has 2 heterocycles. The van der Waals surface area contributed by atoms with Gasteiger partial charge in [0.2, 0.25) is 0 Å². The fourth-order valence-corrected chi connectivity index (χ4v) is 3.95. The minimum atomic E-state index is 0.0815. The minimum Gasteiger partial charge on any atom is -0.497 e. The predicted molar refractivity (Wildman–Crippen MR) is 110 cm³/mol. The molecule has 1 aliphatic rings. The van der Waals surface area contributed by atoms with E-state index in [0.29, 0.717) is 11.6 Å². The third-order valence-electron chi connectivity index (χ3n) is 5.65. The van der Waals surface area contributed by atoms with Crippen LogP contribution in [-0.4, -0.2) is 43.1 Å². The Morgan fingerprint density at radius 2 is 1.68 bits per heavy atom. The van der Waals surface area contributed by atoms with Crippen LogP contribution in [0, 0.1) is 5.92 Å². The summed E-state index contributed by atoms with van der Waals surface area (Å²) < 4.78 is 10.5. The maximum Gasteiger partial charge on any atom is 0.270 e. The number of ether oxygens (including phenoxy) is 2. The Hall–Kier alpha value is -2.95. The number of aromatic amines is 1. The molecule has 4 rings (SSSR count). The molecule has 5 heteroatoms. The van der Waals surface area contributed by atoms with Gasteiger partial charge in [-0.3, -0.25) is 4.79 Å². The Labute approximate surface area is 165 Å². The van der Waals surface area contributed by atoms with Crippen LogP contribution in [0.3, 0.4) is 0 Å². The molecule has 1 aliphatic heterocycles. The quantitative estimate of drug-likeness (QED) is 0.721. The van der Waals surface area contributed by atoms with Gasteiger partial charge < -0.3 is 19.4 Å². The first-order valence-corrected chi connectivity index (χ1v) is 9.75. The molecule has 0 atom stereocenters. The number of piperidine rings is 1. The zero-order chi connectivity index (χ0) is 19.5. The highest BCUT2D eigenvalue weighted by Gasteiger charge is 2.24. The number of fused-ring (bicyclic) bond motifs is 1. The van der Waals surface area contributed by atoms with E-state index in [0.717, 1.165) is 54.8 Å². The van der Waals surface area contributed by atoms with Gasteiger partial charge in [0.15, 0.2) is 0 Å². The van der Waals surface area contributed by atoms with Crippen LogP contribution < -0.4 is 9.47 Å². The molecule has 0 aliphatic carbocycles. The summed E-state index contributed by atoms with van der Waals surface area (Å²) in [5.41, 5.74) is 2.91. The van der Waals surface area contributed by atoms with Gasteiger partial charge in [-0.1, -0.05) is 12.1 Å². The Morgan fingerprint density at radius 3 is 2.36 bits per heavy atom. The molecule has 2 aromatic carbocycles. The molecule has 146 valence electrons. The summed E-state index contributed by atoms with van der Waals surface area (Å²) in [6.45, 7) is 1.61. The molecule has 1 fully saturated rings. The lowest BCUT2D eigenvalue weighted by atomic mass is 9.90. The topological polar surface area (TPSA) is 54.6 Å². The van der Waals surface area contributed by atoms with Crippen LogP contribution in [0.2, 0.25) is 0 Å². The second-order valence-corrected chi connectivity index (χ2v) is 7.42. The Balaban J connectivity index is 1.37. The lowest BCUT2D eigenvalue weighted by molar-refractivity contribution is 0.0685. The van der Waals surface area contributed by atoms with E-state index in [1.165, 1.54) is 5.56 Å². The van der Waals surface area contributed by atoms with Crippen LogP contribution in [0.1, 0.15) is 28.9 Å². The van der Waals surface area contributed by atoms with Gasteiger partial charge in [-0.15, -0.1) is 0 Å². The molecule has 3 aromatic rings. The van der Waals surface area contributed by atoms with Crippen LogP contribution >= 0.6 is 0 Å². The Bertz CT molecular complexity index is 954. The standard InChI is InChI=1S/C23H26N2O3/c1-27-19-6-3-16(4-7-19)13-17-9-11-25(12-10-17)23(26)22-14-18-5-8-20(28-2)15-21(18)24-22/h3-8,14-15,17,24H,9-13H2,1-2H3. The highest BCUT2D eigenvalue weighted by molar-refractivity contribution is 5.98. The Morgan fingerprint density at radius 1 is 1.00 bits per heavy atom. The first kappa shape index (κ1) is 18.4. The molecule has 1 N–H and O–H groups in total. The summed E-state index contributed by atoms with van der Waals surface area (Å²) in [5, 5.41) is 1.03. The molecule has 1 amide bonds. The third kappa shape index (κ3) is 3.84. The summed E-state index contributed by atoms with van der Waals surface area (Å²) >= 11 is 0. The lowest BCUT2D eigenvalue weighted by Crippen LogP contribution is -2.39. The van der Waals surface area contributed by atoms with Gasteiger partial charge in [0.05, 0.1) is 14.2 Å². The van der Waals surface area contributed by atoms with Crippen molar-refractivity contribution in [1.29, 1.82) is 0 Å². The summed E-state index contributed by atoms with van der Waals surface area (Å²) in [6.07, 6.45) is 3.12. The zero-order valence-electron chi connectivity index (χ0n) is 16.4. The average Bonchev–Trinajstić information content (AvgIpc) is 3.17. The average molecular weight is 378 g/mol. The number of hydrogen-bond donors (Lipinski definition) is 1. The monoisotopic (exact) mass is 378 g/mol. The van der Waals surface area contributed by atoms with E-state index in [4.69, 9.17) is 9.47 Å². The Kier molecular flexibility index (Phi) is 5.24. The first-order chi connectivity index (χ1) is 13.7. The number of amides is 1. The molecular formula is C23H26N2O3. The van der Waals surface area contributed by atoms with Crippen LogP contribution in [0.5, 0.6) is 11.5 Å². The number of likely N-dealkylation sites (tertiary alicyclic amines) is 1. The van der Waals surface area contributed by atoms with Crippen molar-refractivity contribution in [3.63, 3.8) is 0 Å². The highest BCUT2D eigenvalue weighted by atomic mass is 16.5. The molecule has 0 unspecified atom stereocenters. The first-order valence-electron chi connectivity index (χ1n) is 9.75. The van der Waals surface area contributed by atoms with Crippen LogP contribution in [0.4, 0.5) is 0 Å². The fraction of sp³-hybridized carbons (Fsp3) is 0.348. The fourth-order valence-electron chi connectivity index (χ4n) is 3.95. The number of rotatable bonds is 5. The summed E-state index contributed by atoms with van der Waals surface area (Å²) in [5.74, 6) is 2.37. The number of benzene rings is 2. The SMILES string of the molecule is COc1ccc(CC2CCN(C(=O)c3cc4ccc(OC)cc4[nH]3)CC2)cc1. The molecular weight excluding hydrogens is 352 g/mol. The van der Waals surface area contributed by atoms with Gasteiger partial charge in [-0.05, 0) is 61.1 Å². The molecule has 0 radical (unpaired) electrons. The normalized spacial score (nSPS) is 15.0. The van der Waals surface area contributed by atoms with Crippen molar-refractivity contribution >= 4 is 16.8 Å². The van der Waals surface area contributed by atoms with Gasteiger partial charge in [-0.25, -0.2) is 0 Å². The van der Waals surface area contributed by atoms with Gasteiger partial charge in [0.1, 0.15) is 17.2 Å². The summed E-state index contributed by atoms with van der Waals surface area (Å²) in [4.78, 5) is 18.1. The third-order valence-corrected chi connectivity index (χ3v) is 5.65. The van der Waals surface area contributed by atoms with E-state index >= 15 is 0 Å². The van der Waals surface area contributed by atoms with Gasteiger partial charge in [0, 0.05) is 30.1 Å². The number of H-pyrrole nitrogens is 1. The molecule has 0 bridgehead atoms.